The molecule has 3 aromatic rings. The average Bonchev–Trinajstić information content (AvgIpc) is 3.11. The Morgan fingerprint density at radius 3 is 2.21 bits per heavy atom. The summed E-state index contributed by atoms with van der Waals surface area (Å²) in [5.41, 5.74) is 3.50. The third-order valence-corrected chi connectivity index (χ3v) is 6.85. The number of benzene rings is 2. The van der Waals surface area contributed by atoms with Crippen molar-refractivity contribution in [2.45, 2.75) is 51.3 Å². The summed E-state index contributed by atoms with van der Waals surface area (Å²) in [4.78, 5) is 4.48. The van der Waals surface area contributed by atoms with Gasteiger partial charge in [-0.1, -0.05) is 74.9 Å². The van der Waals surface area contributed by atoms with Crippen molar-refractivity contribution in [3.8, 4) is 11.1 Å². The van der Waals surface area contributed by atoms with Gasteiger partial charge < -0.3 is 9.67 Å². The maximum absolute atomic E-state index is 12.7. The maximum atomic E-state index is 12.7. The van der Waals surface area contributed by atoms with Crippen molar-refractivity contribution in [2.75, 3.05) is 5.75 Å². The van der Waals surface area contributed by atoms with Crippen LogP contribution >= 0.6 is 0 Å². The van der Waals surface area contributed by atoms with Crippen molar-refractivity contribution in [3.63, 3.8) is 0 Å². The fourth-order valence-electron chi connectivity index (χ4n) is 3.43. The number of unbranched alkanes of at least 4 members (excludes halogenated alkanes) is 1. The largest absolute Gasteiger partial charge is 0.390 e. The Labute approximate surface area is 173 Å². The van der Waals surface area contributed by atoms with Gasteiger partial charge in [-0.25, -0.2) is 13.4 Å². The minimum atomic E-state index is -3.51. The molecule has 1 N–H and O–H groups in total. The lowest BCUT2D eigenvalue weighted by Gasteiger charge is -2.13. The minimum absolute atomic E-state index is 0.0220. The van der Waals surface area contributed by atoms with E-state index in [4.69, 9.17) is 0 Å². The number of hydrogen-bond donors (Lipinski definition) is 1. The number of aliphatic hydroxyl groups excluding tert-OH is 1. The van der Waals surface area contributed by atoms with Gasteiger partial charge in [0, 0.05) is 13.0 Å². The second kappa shape index (κ2) is 9.37. The Balaban J connectivity index is 1.99. The molecular weight excluding hydrogens is 384 g/mol. The number of aliphatic hydroxyl groups is 1. The number of aromatic nitrogens is 2. The van der Waals surface area contributed by atoms with Crippen LogP contribution in [-0.2, 0) is 29.4 Å². The predicted octanol–water partition coefficient (Wildman–Crippen LogP) is 4.23. The summed E-state index contributed by atoms with van der Waals surface area (Å²) in [7, 11) is -3.51. The summed E-state index contributed by atoms with van der Waals surface area (Å²) in [5, 5.41) is 9.88. The number of imidazole rings is 1. The van der Waals surface area contributed by atoms with Crippen LogP contribution in [0.15, 0.2) is 59.6 Å². The lowest BCUT2D eigenvalue weighted by atomic mass is 10.0. The molecule has 0 bridgehead atoms. The number of nitrogens with zero attached hydrogens (tertiary/aromatic N) is 2. The average molecular weight is 413 g/mol. The lowest BCUT2D eigenvalue weighted by Crippen LogP contribution is -2.16. The van der Waals surface area contributed by atoms with Crippen molar-refractivity contribution in [2.24, 2.45) is 0 Å². The Morgan fingerprint density at radius 1 is 0.966 bits per heavy atom. The quantitative estimate of drug-likeness (QED) is 0.571. The monoisotopic (exact) mass is 412 g/mol. The Bertz CT molecular complexity index is 1040. The second-order valence-corrected chi connectivity index (χ2v) is 9.29. The molecule has 0 unspecified atom stereocenters. The van der Waals surface area contributed by atoms with Crippen molar-refractivity contribution < 1.29 is 13.5 Å². The minimum Gasteiger partial charge on any atom is -0.390 e. The summed E-state index contributed by atoms with van der Waals surface area (Å²) in [6.45, 7) is 3.74. The molecule has 1 aromatic heterocycles. The predicted molar refractivity (Wildman–Crippen MR) is 115 cm³/mol. The van der Waals surface area contributed by atoms with E-state index >= 15 is 0 Å². The van der Waals surface area contributed by atoms with Crippen molar-refractivity contribution in [1.82, 2.24) is 9.55 Å². The molecule has 154 valence electrons. The van der Waals surface area contributed by atoms with Gasteiger partial charge in [-0.3, -0.25) is 0 Å². The molecule has 1 heterocycles. The Hall–Kier alpha value is -2.44. The van der Waals surface area contributed by atoms with Gasteiger partial charge in [0.1, 0.15) is 11.5 Å². The summed E-state index contributed by atoms with van der Waals surface area (Å²) < 4.78 is 27.3. The third-order valence-electron chi connectivity index (χ3n) is 5.05. The van der Waals surface area contributed by atoms with E-state index in [1.165, 1.54) is 0 Å². The second-order valence-electron chi connectivity index (χ2n) is 7.09. The van der Waals surface area contributed by atoms with Gasteiger partial charge in [0.25, 0.3) is 0 Å². The van der Waals surface area contributed by atoms with Gasteiger partial charge in [-0.2, -0.15) is 0 Å². The van der Waals surface area contributed by atoms with E-state index in [9.17, 15) is 13.5 Å². The van der Waals surface area contributed by atoms with Gasteiger partial charge in [-0.05, 0) is 23.1 Å². The van der Waals surface area contributed by atoms with E-state index in [2.05, 4.69) is 24.0 Å². The van der Waals surface area contributed by atoms with Crippen LogP contribution in [-0.4, -0.2) is 28.8 Å². The highest BCUT2D eigenvalue weighted by molar-refractivity contribution is 7.91. The summed E-state index contributed by atoms with van der Waals surface area (Å²) in [6, 6.07) is 18.3. The number of aryl methyl sites for hydroxylation is 1. The molecule has 0 spiro atoms. The fraction of sp³-hybridized carbons (Fsp3) is 0.348. The molecule has 0 fully saturated rings. The van der Waals surface area contributed by atoms with E-state index in [-0.39, 0.29) is 23.1 Å². The van der Waals surface area contributed by atoms with Gasteiger partial charge in [0.15, 0.2) is 14.9 Å². The van der Waals surface area contributed by atoms with Crippen LogP contribution in [0.1, 0.15) is 43.8 Å². The first-order valence-electron chi connectivity index (χ1n) is 10.1. The van der Waals surface area contributed by atoms with Gasteiger partial charge in [-0.15, -0.1) is 0 Å². The van der Waals surface area contributed by atoms with Crippen LogP contribution < -0.4 is 0 Å². The van der Waals surface area contributed by atoms with E-state index in [1.807, 2.05) is 42.5 Å². The molecule has 0 aliphatic carbocycles. The summed E-state index contributed by atoms with van der Waals surface area (Å²) >= 11 is 0. The number of sulfone groups is 1. The van der Waals surface area contributed by atoms with Crippen LogP contribution in [0.2, 0.25) is 0 Å². The molecular formula is C23H28N2O3S. The molecule has 6 heteroatoms. The molecule has 0 saturated carbocycles. The first kappa shape index (κ1) is 21.3. The summed E-state index contributed by atoms with van der Waals surface area (Å²) in [5.74, 6) is 0.696. The standard InChI is InChI=1S/C23H28N2O3S/c1-3-5-11-22-24-21(17-26)23(29(27,28)4-2)25(22)16-18-12-14-20(15-13-18)19-9-7-6-8-10-19/h6-10,12-15,26H,3-5,11,16-17H2,1-2H3. The van der Waals surface area contributed by atoms with Crippen molar-refractivity contribution in [1.29, 1.82) is 0 Å². The van der Waals surface area contributed by atoms with E-state index < -0.39 is 9.84 Å². The molecule has 0 aliphatic heterocycles. The van der Waals surface area contributed by atoms with Crippen molar-refractivity contribution >= 4 is 9.84 Å². The highest BCUT2D eigenvalue weighted by Gasteiger charge is 2.26. The van der Waals surface area contributed by atoms with Gasteiger partial charge >= 0.3 is 0 Å². The molecule has 0 amide bonds. The van der Waals surface area contributed by atoms with E-state index in [0.29, 0.717) is 13.0 Å². The zero-order valence-electron chi connectivity index (χ0n) is 17.0. The van der Waals surface area contributed by atoms with Crippen LogP contribution in [0.4, 0.5) is 0 Å². The molecule has 0 radical (unpaired) electrons. The molecule has 3 rings (SSSR count). The van der Waals surface area contributed by atoms with Crippen molar-refractivity contribution in [3.05, 3.63) is 71.7 Å². The molecule has 5 nitrogen and oxygen atoms in total. The van der Waals surface area contributed by atoms with Crippen LogP contribution in [0.25, 0.3) is 11.1 Å². The smallest absolute Gasteiger partial charge is 0.195 e. The summed E-state index contributed by atoms with van der Waals surface area (Å²) in [6.07, 6.45) is 2.59. The maximum Gasteiger partial charge on any atom is 0.195 e. The highest BCUT2D eigenvalue weighted by Crippen LogP contribution is 2.24. The van der Waals surface area contributed by atoms with Crippen LogP contribution in [0.5, 0.6) is 0 Å². The van der Waals surface area contributed by atoms with Gasteiger partial charge in [0.05, 0.1) is 12.4 Å². The van der Waals surface area contributed by atoms with Crippen LogP contribution in [0, 0.1) is 0 Å². The van der Waals surface area contributed by atoms with E-state index in [1.54, 1.807) is 11.5 Å². The third kappa shape index (κ3) is 4.77. The molecule has 0 aliphatic rings. The Morgan fingerprint density at radius 2 is 1.62 bits per heavy atom. The topological polar surface area (TPSA) is 72.2 Å². The Kier molecular flexibility index (Phi) is 6.87. The van der Waals surface area contributed by atoms with Crippen LogP contribution in [0.3, 0.4) is 0 Å². The molecule has 2 aromatic carbocycles. The highest BCUT2D eigenvalue weighted by atomic mass is 32.2. The number of hydrogen-bond acceptors (Lipinski definition) is 4. The number of rotatable bonds is 9. The molecule has 0 atom stereocenters. The first-order chi connectivity index (χ1) is 14.0. The van der Waals surface area contributed by atoms with E-state index in [0.717, 1.165) is 35.4 Å². The fourth-order valence-corrected chi connectivity index (χ4v) is 4.68. The zero-order valence-corrected chi connectivity index (χ0v) is 17.8. The lowest BCUT2D eigenvalue weighted by molar-refractivity contribution is 0.273. The van der Waals surface area contributed by atoms with Gasteiger partial charge in [0.2, 0.25) is 0 Å². The zero-order chi connectivity index (χ0) is 20.9. The first-order valence-corrected chi connectivity index (χ1v) is 11.7. The molecule has 0 saturated heterocycles. The molecule has 29 heavy (non-hydrogen) atoms. The SMILES string of the molecule is CCCCc1nc(CO)c(S(=O)(=O)CC)n1Cc1ccc(-c2ccccc2)cc1. The normalized spacial score (nSPS) is 11.7.